The molecule has 4 heteroatoms. The molecule has 1 atom stereocenters. The van der Waals surface area contributed by atoms with E-state index in [0.717, 1.165) is 29.6 Å². The van der Waals surface area contributed by atoms with Gasteiger partial charge in [-0.05, 0) is 44.0 Å². The van der Waals surface area contributed by atoms with E-state index in [1.54, 1.807) is 0 Å². The molecule has 1 saturated heterocycles. The molecule has 21 heavy (non-hydrogen) atoms. The van der Waals surface area contributed by atoms with Gasteiger partial charge in [-0.15, -0.1) is 0 Å². The van der Waals surface area contributed by atoms with Gasteiger partial charge in [0.15, 0.2) is 0 Å². The summed E-state index contributed by atoms with van der Waals surface area (Å²) in [5, 5.41) is 4.24. The molecule has 3 rings (SSSR count). The first-order valence-electron chi connectivity index (χ1n) is 7.72. The summed E-state index contributed by atoms with van der Waals surface area (Å²) in [6.07, 6.45) is 4.85. The Bertz CT molecular complexity index is 619. The van der Waals surface area contributed by atoms with Gasteiger partial charge < -0.3 is 15.2 Å². The summed E-state index contributed by atoms with van der Waals surface area (Å²) in [5.74, 6) is 0.712. The zero-order valence-corrected chi connectivity index (χ0v) is 12.6. The number of fused-ring (bicyclic) bond motifs is 1. The molecule has 1 aliphatic rings. The topological polar surface area (TPSA) is 48.1 Å². The molecule has 2 aromatic rings. The number of H-pyrrole nitrogens is 1. The van der Waals surface area contributed by atoms with E-state index < -0.39 is 0 Å². The van der Waals surface area contributed by atoms with Crippen molar-refractivity contribution in [1.29, 1.82) is 0 Å². The van der Waals surface area contributed by atoms with Gasteiger partial charge in [0.1, 0.15) is 0 Å². The van der Waals surface area contributed by atoms with E-state index in [1.165, 1.54) is 19.4 Å². The third-order valence-corrected chi connectivity index (χ3v) is 4.34. The molecule has 0 aliphatic carbocycles. The second-order valence-corrected chi connectivity index (χ2v) is 6.11. The van der Waals surface area contributed by atoms with Crippen LogP contribution in [0.1, 0.15) is 18.4 Å². The van der Waals surface area contributed by atoms with Crippen molar-refractivity contribution < 1.29 is 4.79 Å². The maximum Gasteiger partial charge on any atom is 0.224 e. The number of likely N-dealkylation sites (tertiary alicyclic amines) is 1. The van der Waals surface area contributed by atoms with Crippen LogP contribution in [-0.4, -0.2) is 42.5 Å². The number of carbonyl (C=O) groups is 1. The van der Waals surface area contributed by atoms with Gasteiger partial charge in [-0.2, -0.15) is 0 Å². The summed E-state index contributed by atoms with van der Waals surface area (Å²) >= 11 is 0. The molecule has 2 heterocycles. The highest BCUT2D eigenvalue weighted by molar-refractivity contribution is 5.88. The van der Waals surface area contributed by atoms with Crippen LogP contribution in [0.3, 0.4) is 0 Å². The van der Waals surface area contributed by atoms with Crippen molar-refractivity contribution in [2.24, 2.45) is 5.92 Å². The van der Waals surface area contributed by atoms with Gasteiger partial charge in [-0.25, -0.2) is 0 Å². The summed E-state index contributed by atoms with van der Waals surface area (Å²) in [6.45, 7) is 3.07. The molecule has 4 nitrogen and oxygen atoms in total. The Labute approximate surface area is 125 Å². The van der Waals surface area contributed by atoms with Crippen molar-refractivity contribution in [3.8, 4) is 0 Å². The minimum Gasteiger partial charge on any atom is -0.361 e. The molecule has 0 saturated carbocycles. The molecule has 112 valence electrons. The molecule has 1 amide bonds. The van der Waals surface area contributed by atoms with E-state index in [1.807, 2.05) is 24.4 Å². The number of aromatic amines is 1. The Balaban J connectivity index is 1.54. The number of rotatable bonds is 4. The summed E-state index contributed by atoms with van der Waals surface area (Å²) < 4.78 is 0. The Hall–Kier alpha value is -1.81. The SMILES string of the molecule is CN1CCCC(CNC(=O)Cc2c[nH]c3ccccc23)C1. The molecule has 1 aromatic heterocycles. The van der Waals surface area contributed by atoms with E-state index in [4.69, 9.17) is 0 Å². The number of carbonyl (C=O) groups excluding carboxylic acids is 1. The van der Waals surface area contributed by atoms with Crippen LogP contribution >= 0.6 is 0 Å². The highest BCUT2D eigenvalue weighted by Gasteiger charge is 2.18. The van der Waals surface area contributed by atoms with E-state index in [-0.39, 0.29) is 5.91 Å². The summed E-state index contributed by atoms with van der Waals surface area (Å²) in [4.78, 5) is 17.7. The van der Waals surface area contributed by atoms with Crippen LogP contribution in [0.25, 0.3) is 10.9 Å². The van der Waals surface area contributed by atoms with E-state index in [0.29, 0.717) is 12.3 Å². The van der Waals surface area contributed by atoms with Crippen LogP contribution in [0, 0.1) is 5.92 Å². The highest BCUT2D eigenvalue weighted by atomic mass is 16.1. The first-order chi connectivity index (χ1) is 10.2. The van der Waals surface area contributed by atoms with E-state index >= 15 is 0 Å². The number of piperidine rings is 1. The number of hydrogen-bond donors (Lipinski definition) is 2. The lowest BCUT2D eigenvalue weighted by Gasteiger charge is -2.29. The molecule has 0 spiro atoms. The van der Waals surface area contributed by atoms with Crippen LogP contribution in [0.15, 0.2) is 30.5 Å². The average Bonchev–Trinajstić information content (AvgIpc) is 2.89. The van der Waals surface area contributed by atoms with Gasteiger partial charge in [0, 0.05) is 30.2 Å². The van der Waals surface area contributed by atoms with Gasteiger partial charge >= 0.3 is 0 Å². The minimum absolute atomic E-state index is 0.118. The molecule has 1 aromatic carbocycles. The summed E-state index contributed by atoms with van der Waals surface area (Å²) in [7, 11) is 2.15. The molecule has 1 fully saturated rings. The fourth-order valence-electron chi connectivity index (χ4n) is 3.21. The smallest absolute Gasteiger partial charge is 0.224 e. The number of nitrogens with one attached hydrogen (secondary N) is 2. The fraction of sp³-hybridized carbons (Fsp3) is 0.471. The summed E-state index contributed by atoms with van der Waals surface area (Å²) in [6, 6.07) is 8.11. The number of amides is 1. The lowest BCUT2D eigenvalue weighted by molar-refractivity contribution is -0.120. The van der Waals surface area contributed by atoms with E-state index in [9.17, 15) is 4.79 Å². The Kier molecular flexibility index (Phi) is 4.25. The molecular formula is C17H23N3O. The second kappa shape index (κ2) is 6.31. The number of hydrogen-bond acceptors (Lipinski definition) is 2. The average molecular weight is 285 g/mol. The Morgan fingerprint density at radius 3 is 3.14 bits per heavy atom. The molecular weight excluding hydrogens is 262 g/mol. The molecule has 0 radical (unpaired) electrons. The number of benzene rings is 1. The molecule has 2 N–H and O–H groups in total. The largest absolute Gasteiger partial charge is 0.361 e. The zero-order chi connectivity index (χ0) is 14.7. The van der Waals surface area contributed by atoms with Crippen LogP contribution in [0.5, 0.6) is 0 Å². The summed E-state index contributed by atoms with van der Waals surface area (Å²) in [5.41, 5.74) is 2.16. The number of nitrogens with zero attached hydrogens (tertiary/aromatic N) is 1. The van der Waals surface area contributed by atoms with Crippen molar-refractivity contribution in [2.45, 2.75) is 19.3 Å². The first kappa shape index (κ1) is 14.1. The molecule has 1 aliphatic heterocycles. The monoisotopic (exact) mass is 285 g/mol. The minimum atomic E-state index is 0.118. The van der Waals surface area contributed by atoms with Crippen LogP contribution < -0.4 is 5.32 Å². The van der Waals surface area contributed by atoms with Crippen molar-refractivity contribution in [3.63, 3.8) is 0 Å². The lowest BCUT2D eigenvalue weighted by Crippen LogP contribution is -2.39. The third kappa shape index (κ3) is 3.45. The van der Waals surface area contributed by atoms with Crippen molar-refractivity contribution in [1.82, 2.24) is 15.2 Å². The van der Waals surface area contributed by atoms with Gasteiger partial charge in [0.25, 0.3) is 0 Å². The lowest BCUT2D eigenvalue weighted by atomic mass is 9.98. The fourth-order valence-corrected chi connectivity index (χ4v) is 3.21. The van der Waals surface area contributed by atoms with Gasteiger partial charge in [0.05, 0.1) is 6.42 Å². The Morgan fingerprint density at radius 2 is 2.29 bits per heavy atom. The Morgan fingerprint density at radius 1 is 1.43 bits per heavy atom. The predicted molar refractivity (Wildman–Crippen MR) is 85.2 cm³/mol. The van der Waals surface area contributed by atoms with Gasteiger partial charge in [-0.1, -0.05) is 18.2 Å². The third-order valence-electron chi connectivity index (χ3n) is 4.34. The quantitative estimate of drug-likeness (QED) is 0.904. The second-order valence-electron chi connectivity index (χ2n) is 6.11. The maximum atomic E-state index is 12.1. The molecule has 0 bridgehead atoms. The van der Waals surface area contributed by atoms with Crippen molar-refractivity contribution in [2.75, 3.05) is 26.7 Å². The number of para-hydroxylation sites is 1. The van der Waals surface area contributed by atoms with Crippen LogP contribution in [0.4, 0.5) is 0 Å². The maximum absolute atomic E-state index is 12.1. The molecule has 1 unspecified atom stereocenters. The van der Waals surface area contributed by atoms with Gasteiger partial charge in [0.2, 0.25) is 5.91 Å². The normalized spacial score (nSPS) is 19.8. The predicted octanol–water partition coefficient (Wildman–Crippen LogP) is 2.17. The van der Waals surface area contributed by atoms with Gasteiger partial charge in [-0.3, -0.25) is 4.79 Å². The standard InChI is InChI=1S/C17H23N3O/c1-20-8-4-5-13(12-20)10-19-17(21)9-14-11-18-16-7-3-2-6-15(14)16/h2-3,6-7,11,13,18H,4-5,8-10,12H2,1H3,(H,19,21). The number of aromatic nitrogens is 1. The van der Waals surface area contributed by atoms with Crippen molar-refractivity contribution in [3.05, 3.63) is 36.0 Å². The van der Waals surface area contributed by atoms with Crippen LogP contribution in [-0.2, 0) is 11.2 Å². The van der Waals surface area contributed by atoms with E-state index in [2.05, 4.69) is 28.3 Å². The van der Waals surface area contributed by atoms with Crippen LogP contribution in [0.2, 0.25) is 0 Å². The highest BCUT2D eigenvalue weighted by Crippen LogP contribution is 2.18. The first-order valence-corrected chi connectivity index (χ1v) is 7.72. The van der Waals surface area contributed by atoms with Crippen molar-refractivity contribution >= 4 is 16.8 Å². The zero-order valence-electron chi connectivity index (χ0n) is 12.6.